The molecule has 1 amide bonds. The second kappa shape index (κ2) is 9.22. The average molecular weight is 405 g/mol. The van der Waals surface area contributed by atoms with Gasteiger partial charge in [0.1, 0.15) is 17.2 Å². The smallest absolute Gasteiger partial charge is 0.270 e. The summed E-state index contributed by atoms with van der Waals surface area (Å²) in [7, 11) is 0. The second-order valence-corrected chi connectivity index (χ2v) is 8.14. The average Bonchev–Trinajstić information content (AvgIpc) is 2.78. The molecule has 1 aromatic carbocycles. The van der Waals surface area contributed by atoms with E-state index in [2.05, 4.69) is 34.0 Å². The number of hydrogen-bond acceptors (Lipinski definition) is 5. The zero-order valence-corrected chi connectivity index (χ0v) is 17.5. The molecule has 0 unspecified atom stereocenters. The van der Waals surface area contributed by atoms with Gasteiger partial charge < -0.3 is 15.0 Å². The minimum Gasteiger partial charge on any atom is -0.457 e. The summed E-state index contributed by atoms with van der Waals surface area (Å²) in [5, 5.41) is 4.10. The summed E-state index contributed by atoms with van der Waals surface area (Å²) in [5.74, 6) is 1.57. The summed E-state index contributed by atoms with van der Waals surface area (Å²) in [6, 6.07) is 13.6. The van der Waals surface area contributed by atoms with Crippen molar-refractivity contribution in [1.29, 1.82) is 0 Å². The van der Waals surface area contributed by atoms with E-state index in [4.69, 9.17) is 4.74 Å². The van der Waals surface area contributed by atoms with E-state index in [1.807, 2.05) is 30.3 Å². The maximum Gasteiger partial charge on any atom is 0.270 e. The maximum atomic E-state index is 12.6. The Bertz CT molecular complexity index is 1020. The number of nitrogens with one attached hydrogen (secondary N) is 1. The third-order valence-corrected chi connectivity index (χ3v) is 5.61. The number of piperidine rings is 1. The van der Waals surface area contributed by atoms with E-state index in [0.717, 1.165) is 30.4 Å². The fourth-order valence-corrected chi connectivity index (χ4v) is 3.91. The standard InChI is InChI=1S/C24H28N4O2/c1-17(2)28-12-4-5-18(16-28)15-27-24(29)23-14-21(9-11-26-23)30-20-8-7-19-6-3-10-25-22(19)13-20/h3,6-11,13-14,17-18H,4-5,12,15-16H2,1-2H3,(H,27,29)/t18-/m1/s1. The van der Waals surface area contributed by atoms with Gasteiger partial charge in [-0.25, -0.2) is 0 Å². The van der Waals surface area contributed by atoms with Crippen molar-refractivity contribution in [1.82, 2.24) is 20.2 Å². The first-order valence-electron chi connectivity index (χ1n) is 10.6. The van der Waals surface area contributed by atoms with Gasteiger partial charge in [0.2, 0.25) is 0 Å². The van der Waals surface area contributed by atoms with Crippen LogP contribution in [-0.2, 0) is 0 Å². The van der Waals surface area contributed by atoms with E-state index in [1.54, 1.807) is 24.5 Å². The molecule has 1 saturated heterocycles. The Morgan fingerprint density at radius 3 is 2.90 bits per heavy atom. The SMILES string of the molecule is CC(C)N1CCC[C@H](CNC(=O)c2cc(Oc3ccc4cccnc4c3)ccn2)C1. The Morgan fingerprint density at radius 2 is 2.03 bits per heavy atom. The lowest BCUT2D eigenvalue weighted by Crippen LogP contribution is -2.43. The number of aromatic nitrogens is 2. The molecule has 3 heterocycles. The number of pyridine rings is 2. The van der Waals surface area contributed by atoms with Crippen LogP contribution in [0.1, 0.15) is 37.2 Å². The number of carbonyl (C=O) groups excluding carboxylic acids is 1. The Labute approximate surface area is 177 Å². The molecule has 1 aliphatic heterocycles. The Morgan fingerprint density at radius 1 is 1.17 bits per heavy atom. The summed E-state index contributed by atoms with van der Waals surface area (Å²) < 4.78 is 5.95. The fraction of sp³-hybridized carbons (Fsp3) is 0.375. The van der Waals surface area contributed by atoms with Crippen molar-refractivity contribution in [3.8, 4) is 11.5 Å². The van der Waals surface area contributed by atoms with Gasteiger partial charge in [-0.3, -0.25) is 14.8 Å². The van der Waals surface area contributed by atoms with E-state index in [9.17, 15) is 4.79 Å². The topological polar surface area (TPSA) is 67.4 Å². The lowest BCUT2D eigenvalue weighted by Gasteiger charge is -2.35. The van der Waals surface area contributed by atoms with Crippen molar-refractivity contribution < 1.29 is 9.53 Å². The maximum absolute atomic E-state index is 12.6. The molecule has 156 valence electrons. The molecule has 1 aliphatic rings. The van der Waals surface area contributed by atoms with Crippen LogP contribution in [0.2, 0.25) is 0 Å². The van der Waals surface area contributed by atoms with Gasteiger partial charge in [0.15, 0.2) is 0 Å². The van der Waals surface area contributed by atoms with Crippen LogP contribution in [-0.4, -0.2) is 46.5 Å². The van der Waals surface area contributed by atoms with E-state index < -0.39 is 0 Å². The molecule has 0 bridgehead atoms. The van der Waals surface area contributed by atoms with Crippen molar-refractivity contribution in [2.45, 2.75) is 32.7 Å². The summed E-state index contributed by atoms with van der Waals surface area (Å²) in [6.07, 6.45) is 5.69. The van der Waals surface area contributed by atoms with Crippen molar-refractivity contribution in [3.05, 3.63) is 60.6 Å². The highest BCUT2D eigenvalue weighted by Gasteiger charge is 2.22. The number of benzene rings is 1. The van der Waals surface area contributed by atoms with Crippen LogP contribution in [0.5, 0.6) is 11.5 Å². The second-order valence-electron chi connectivity index (χ2n) is 8.14. The van der Waals surface area contributed by atoms with Gasteiger partial charge in [0.25, 0.3) is 5.91 Å². The molecule has 6 nitrogen and oxygen atoms in total. The third-order valence-electron chi connectivity index (χ3n) is 5.61. The monoisotopic (exact) mass is 404 g/mol. The number of hydrogen-bond donors (Lipinski definition) is 1. The third kappa shape index (κ3) is 4.94. The van der Waals surface area contributed by atoms with Crippen LogP contribution in [0.25, 0.3) is 10.9 Å². The molecule has 0 aliphatic carbocycles. The molecule has 6 heteroatoms. The summed E-state index contributed by atoms with van der Waals surface area (Å²) >= 11 is 0. The minimum atomic E-state index is -0.165. The number of rotatable bonds is 6. The quantitative estimate of drug-likeness (QED) is 0.664. The van der Waals surface area contributed by atoms with Crippen molar-refractivity contribution >= 4 is 16.8 Å². The van der Waals surface area contributed by atoms with Crippen molar-refractivity contribution in [3.63, 3.8) is 0 Å². The highest BCUT2D eigenvalue weighted by Crippen LogP contribution is 2.25. The molecule has 1 fully saturated rings. The number of likely N-dealkylation sites (tertiary alicyclic amines) is 1. The van der Waals surface area contributed by atoms with E-state index in [1.165, 1.54) is 6.42 Å². The first-order chi connectivity index (χ1) is 14.6. The van der Waals surface area contributed by atoms with Crippen molar-refractivity contribution in [2.24, 2.45) is 5.92 Å². The van der Waals surface area contributed by atoms with Crippen LogP contribution < -0.4 is 10.1 Å². The highest BCUT2D eigenvalue weighted by atomic mass is 16.5. The van der Waals surface area contributed by atoms with Crippen LogP contribution in [0, 0.1) is 5.92 Å². The van der Waals surface area contributed by atoms with Gasteiger partial charge in [-0.2, -0.15) is 0 Å². The number of fused-ring (bicyclic) bond motifs is 1. The molecule has 2 aromatic heterocycles. The number of nitrogens with zero attached hydrogens (tertiary/aromatic N) is 3. The van der Waals surface area contributed by atoms with Crippen LogP contribution in [0.15, 0.2) is 54.9 Å². The van der Waals surface area contributed by atoms with E-state index in [-0.39, 0.29) is 5.91 Å². The molecule has 0 radical (unpaired) electrons. The van der Waals surface area contributed by atoms with Gasteiger partial charge in [0, 0.05) is 49.0 Å². The Balaban J connectivity index is 1.38. The lowest BCUT2D eigenvalue weighted by molar-refractivity contribution is 0.0917. The van der Waals surface area contributed by atoms with Gasteiger partial charge in [-0.1, -0.05) is 6.07 Å². The molecule has 30 heavy (non-hydrogen) atoms. The normalized spacial score (nSPS) is 17.2. The largest absolute Gasteiger partial charge is 0.457 e. The zero-order valence-electron chi connectivity index (χ0n) is 17.5. The zero-order chi connectivity index (χ0) is 20.9. The highest BCUT2D eigenvalue weighted by molar-refractivity contribution is 5.92. The summed E-state index contributed by atoms with van der Waals surface area (Å²) in [5.41, 5.74) is 1.23. The van der Waals surface area contributed by atoms with E-state index in [0.29, 0.717) is 35.7 Å². The Kier molecular flexibility index (Phi) is 6.23. The predicted molar refractivity (Wildman–Crippen MR) is 118 cm³/mol. The minimum absolute atomic E-state index is 0.165. The molecule has 4 rings (SSSR count). The van der Waals surface area contributed by atoms with Gasteiger partial charge in [-0.05, 0) is 63.4 Å². The Hall–Kier alpha value is -2.99. The summed E-state index contributed by atoms with van der Waals surface area (Å²) in [6.45, 7) is 7.30. The molecule has 0 spiro atoms. The van der Waals surface area contributed by atoms with E-state index >= 15 is 0 Å². The molecular weight excluding hydrogens is 376 g/mol. The number of carbonyl (C=O) groups is 1. The van der Waals surface area contributed by atoms with Gasteiger partial charge in [0.05, 0.1) is 5.52 Å². The molecule has 3 aromatic rings. The molecule has 1 atom stereocenters. The first kappa shape index (κ1) is 20.3. The predicted octanol–water partition coefficient (Wildman–Crippen LogP) is 4.27. The summed E-state index contributed by atoms with van der Waals surface area (Å²) in [4.78, 5) is 23.7. The van der Waals surface area contributed by atoms with Gasteiger partial charge >= 0.3 is 0 Å². The molecular formula is C24H28N4O2. The first-order valence-corrected chi connectivity index (χ1v) is 10.6. The molecule has 0 saturated carbocycles. The fourth-order valence-electron chi connectivity index (χ4n) is 3.91. The van der Waals surface area contributed by atoms with Gasteiger partial charge in [-0.15, -0.1) is 0 Å². The van der Waals surface area contributed by atoms with Crippen LogP contribution >= 0.6 is 0 Å². The number of ether oxygens (including phenoxy) is 1. The number of amides is 1. The lowest BCUT2D eigenvalue weighted by atomic mass is 9.97. The molecule has 1 N–H and O–H groups in total. The van der Waals surface area contributed by atoms with Crippen molar-refractivity contribution in [2.75, 3.05) is 19.6 Å². The van der Waals surface area contributed by atoms with Crippen LogP contribution in [0.4, 0.5) is 0 Å². The van der Waals surface area contributed by atoms with Crippen LogP contribution in [0.3, 0.4) is 0 Å².